The zero-order chi connectivity index (χ0) is 20.8. The molecule has 6 heteroatoms. The molecular formula is C22H31N3OS2. The molecule has 2 rings (SSSR count). The van der Waals surface area contributed by atoms with Gasteiger partial charge in [0.2, 0.25) is 0 Å². The van der Waals surface area contributed by atoms with Crippen molar-refractivity contribution < 1.29 is 6.22 Å². The molecule has 0 aliphatic heterocycles. The van der Waals surface area contributed by atoms with E-state index in [0.717, 1.165) is 0 Å². The van der Waals surface area contributed by atoms with Gasteiger partial charge in [-0.15, -0.1) is 11.8 Å². The first-order valence-electron chi connectivity index (χ1n) is 9.12. The Bertz CT molecular complexity index is 746. The van der Waals surface area contributed by atoms with Crippen molar-refractivity contribution in [2.45, 2.75) is 24.8 Å². The Morgan fingerprint density at radius 1 is 1.36 bits per heavy atom. The van der Waals surface area contributed by atoms with Gasteiger partial charge in [-0.1, -0.05) is 62.0 Å². The van der Waals surface area contributed by atoms with Crippen LogP contribution in [0.4, 0.5) is 0 Å². The molecule has 0 saturated heterocycles. The second-order valence-corrected chi connectivity index (χ2v) is 7.38. The first-order chi connectivity index (χ1) is 13.6. The van der Waals surface area contributed by atoms with Gasteiger partial charge in [0, 0.05) is 37.1 Å². The van der Waals surface area contributed by atoms with E-state index in [2.05, 4.69) is 41.3 Å². The Balaban J connectivity index is 0.00000253. The molecule has 4 nitrogen and oxygen atoms in total. The summed E-state index contributed by atoms with van der Waals surface area (Å²) in [7, 11) is 1.72. The highest BCUT2D eigenvalue weighted by molar-refractivity contribution is 8.03. The van der Waals surface area contributed by atoms with Crippen molar-refractivity contribution in [1.82, 2.24) is 10.2 Å². The Morgan fingerprint density at radius 3 is 2.71 bits per heavy atom. The molecule has 1 aliphatic carbocycles. The van der Waals surface area contributed by atoms with Gasteiger partial charge >= 0.3 is 0 Å². The molecular weight excluding hydrogens is 386 g/mol. The molecule has 1 atom stereocenters. The second kappa shape index (κ2) is 14.0. The van der Waals surface area contributed by atoms with Crippen LogP contribution < -0.4 is 5.32 Å². The van der Waals surface area contributed by atoms with Gasteiger partial charge in [-0.2, -0.15) is 0 Å². The van der Waals surface area contributed by atoms with Crippen LogP contribution >= 0.6 is 23.5 Å². The Morgan fingerprint density at radius 2 is 2.07 bits per heavy atom. The van der Waals surface area contributed by atoms with Crippen molar-refractivity contribution in [2.75, 3.05) is 19.8 Å². The summed E-state index contributed by atoms with van der Waals surface area (Å²) in [5.41, 5.74) is 0.615. The number of nitrogens with zero attached hydrogens (tertiary/aromatic N) is 2. The summed E-state index contributed by atoms with van der Waals surface area (Å²) < 4.78 is 0. The van der Waals surface area contributed by atoms with E-state index in [1.165, 1.54) is 20.8 Å². The van der Waals surface area contributed by atoms with Gasteiger partial charge in [-0.3, -0.25) is 9.79 Å². The van der Waals surface area contributed by atoms with Crippen LogP contribution in [0.25, 0.3) is 0 Å². The number of nitrogens with one attached hydrogen (secondary N) is 1. The molecule has 0 bridgehead atoms. The summed E-state index contributed by atoms with van der Waals surface area (Å²) in [6.07, 6.45) is 11.4. The minimum absolute atomic E-state index is 0. The molecule has 1 aromatic rings. The molecule has 0 fully saturated rings. The quantitative estimate of drug-likeness (QED) is 0.435. The average molecular weight is 418 g/mol. The first kappa shape index (κ1) is 24.0. The third kappa shape index (κ3) is 8.33. The van der Waals surface area contributed by atoms with E-state index in [9.17, 15) is 4.79 Å². The van der Waals surface area contributed by atoms with Crippen LogP contribution in [-0.2, 0) is 4.79 Å². The van der Waals surface area contributed by atoms with Gasteiger partial charge in [0.1, 0.15) is 0 Å². The van der Waals surface area contributed by atoms with Gasteiger partial charge in [0.05, 0.1) is 11.7 Å². The smallest absolute Gasteiger partial charge is 0.252 e. The molecule has 0 saturated carbocycles. The second-order valence-electron chi connectivity index (χ2n) is 5.49. The zero-order valence-corrected chi connectivity index (χ0v) is 18.6. The third-order valence-corrected chi connectivity index (χ3v) is 5.14. The normalized spacial score (nSPS) is 15.8. The van der Waals surface area contributed by atoms with Gasteiger partial charge in [-0.25, -0.2) is 0 Å². The fourth-order valence-corrected chi connectivity index (χ4v) is 3.49. The molecule has 0 radical (unpaired) electrons. The molecule has 0 spiro atoms. The lowest BCUT2D eigenvalue weighted by Gasteiger charge is -2.16. The maximum absolute atomic E-state index is 12.2. The number of aliphatic imine (C=N–C) groups is 1. The van der Waals surface area contributed by atoms with E-state index in [1.807, 2.05) is 49.8 Å². The number of likely N-dealkylation sites (N-methyl/N-ethyl adjacent to an activating group) is 1. The molecule has 28 heavy (non-hydrogen) atoms. The number of hydrogen-bond acceptors (Lipinski definition) is 5. The summed E-state index contributed by atoms with van der Waals surface area (Å²) in [6.45, 7) is 8.05. The number of amides is 1. The van der Waals surface area contributed by atoms with Gasteiger partial charge in [-0.05, 0) is 30.5 Å². The van der Waals surface area contributed by atoms with Gasteiger partial charge < -0.3 is 10.2 Å². The molecule has 1 aromatic carbocycles. The van der Waals surface area contributed by atoms with Crippen LogP contribution in [0.3, 0.4) is 0 Å². The highest BCUT2D eigenvalue weighted by atomic mass is 32.2. The zero-order valence-electron chi connectivity index (χ0n) is 17.0. The molecule has 1 N–H and O–H groups in total. The SMILES string of the molecule is C=N/C(=C\C(=O)N(C)/C=C\SC)CNC1C=CC=C1Sc1ccccc1.CC.[HH]. The largest absolute Gasteiger partial charge is 0.318 e. The average Bonchev–Trinajstić information content (AvgIpc) is 3.18. The van der Waals surface area contributed by atoms with Crippen LogP contribution in [0.15, 0.2) is 86.7 Å². The maximum Gasteiger partial charge on any atom is 0.252 e. The maximum atomic E-state index is 12.2. The van der Waals surface area contributed by atoms with E-state index in [-0.39, 0.29) is 13.4 Å². The highest BCUT2D eigenvalue weighted by Crippen LogP contribution is 2.31. The van der Waals surface area contributed by atoms with Crippen LogP contribution in [0.1, 0.15) is 15.3 Å². The van der Waals surface area contributed by atoms with E-state index >= 15 is 0 Å². The van der Waals surface area contributed by atoms with Crippen LogP contribution in [-0.4, -0.2) is 43.4 Å². The highest BCUT2D eigenvalue weighted by Gasteiger charge is 2.16. The lowest BCUT2D eigenvalue weighted by atomic mass is 10.3. The monoisotopic (exact) mass is 417 g/mol. The standard InChI is InChI=1S/C20H23N3OS2.C2H6.H2/c1-21-16(14-20(24)23(2)12-13-25-3)15-22-18-10-7-11-19(18)26-17-8-5-4-6-9-17;1-2;/h4-14,18,22H,1,15H2,2-3H3;1-2H3;1H/b13-12-,16-14-;;. The molecule has 0 aromatic heterocycles. The van der Waals surface area contributed by atoms with Gasteiger partial charge in [0.15, 0.2) is 0 Å². The van der Waals surface area contributed by atoms with Crippen LogP contribution in [0, 0.1) is 0 Å². The van der Waals surface area contributed by atoms with E-state index in [0.29, 0.717) is 12.2 Å². The topological polar surface area (TPSA) is 44.7 Å². The minimum atomic E-state index is -0.129. The lowest BCUT2D eigenvalue weighted by Crippen LogP contribution is -2.29. The summed E-state index contributed by atoms with van der Waals surface area (Å²) in [5, 5.41) is 5.27. The summed E-state index contributed by atoms with van der Waals surface area (Å²) in [4.78, 5) is 20.1. The number of benzene rings is 1. The Hall–Kier alpha value is -2.02. The minimum Gasteiger partial charge on any atom is -0.318 e. The molecule has 1 unspecified atom stereocenters. The number of hydrogen-bond donors (Lipinski definition) is 1. The van der Waals surface area contributed by atoms with E-state index in [1.54, 1.807) is 36.8 Å². The number of carbonyl (C=O) groups excluding carboxylic acids is 1. The lowest BCUT2D eigenvalue weighted by molar-refractivity contribution is -0.122. The van der Waals surface area contributed by atoms with Crippen LogP contribution in [0.5, 0.6) is 0 Å². The fraction of sp³-hybridized carbons (Fsp3) is 0.273. The number of thioether (sulfide) groups is 2. The summed E-state index contributed by atoms with van der Waals surface area (Å²) >= 11 is 3.27. The van der Waals surface area contributed by atoms with Crippen molar-refractivity contribution in [2.24, 2.45) is 4.99 Å². The van der Waals surface area contributed by atoms with Gasteiger partial charge in [0.25, 0.3) is 5.91 Å². The van der Waals surface area contributed by atoms with E-state index in [4.69, 9.17) is 0 Å². The molecule has 1 amide bonds. The van der Waals surface area contributed by atoms with Crippen molar-refractivity contribution in [3.63, 3.8) is 0 Å². The summed E-state index contributed by atoms with van der Waals surface area (Å²) in [6, 6.07) is 10.4. The van der Waals surface area contributed by atoms with Crippen molar-refractivity contribution in [3.05, 3.63) is 76.8 Å². The number of carbonyl (C=O) groups is 1. The molecule has 0 heterocycles. The predicted octanol–water partition coefficient (Wildman–Crippen LogP) is 5.34. The first-order valence-corrected chi connectivity index (χ1v) is 11.2. The Kier molecular flexibility index (Phi) is 12.0. The number of rotatable bonds is 9. The Labute approximate surface area is 179 Å². The summed E-state index contributed by atoms with van der Waals surface area (Å²) in [5.74, 6) is -0.129. The number of allylic oxidation sites excluding steroid dienone is 2. The fourth-order valence-electron chi connectivity index (χ4n) is 2.19. The predicted molar refractivity (Wildman–Crippen MR) is 128 cm³/mol. The van der Waals surface area contributed by atoms with Crippen molar-refractivity contribution in [1.29, 1.82) is 0 Å². The molecule has 152 valence electrons. The van der Waals surface area contributed by atoms with Crippen molar-refractivity contribution >= 4 is 36.1 Å². The van der Waals surface area contributed by atoms with E-state index < -0.39 is 0 Å². The third-order valence-electron chi connectivity index (χ3n) is 3.61. The van der Waals surface area contributed by atoms with Crippen LogP contribution in [0.2, 0.25) is 0 Å². The molecule has 1 aliphatic rings. The van der Waals surface area contributed by atoms with Crippen molar-refractivity contribution in [3.8, 4) is 0 Å².